The fourth-order valence-electron chi connectivity index (χ4n) is 1.69. The van der Waals surface area contributed by atoms with Crippen LogP contribution in [0.5, 0.6) is 0 Å². The molecule has 0 aliphatic rings. The van der Waals surface area contributed by atoms with Crippen molar-refractivity contribution in [2.75, 3.05) is 5.32 Å². The van der Waals surface area contributed by atoms with E-state index in [2.05, 4.69) is 10.3 Å². The van der Waals surface area contributed by atoms with Gasteiger partial charge in [-0.15, -0.1) is 11.3 Å². The van der Waals surface area contributed by atoms with E-state index in [4.69, 9.17) is 5.26 Å². The van der Waals surface area contributed by atoms with E-state index in [1.165, 1.54) is 6.07 Å². The Morgan fingerprint density at radius 3 is 3.00 bits per heavy atom. The molecule has 5 heteroatoms. The van der Waals surface area contributed by atoms with E-state index >= 15 is 0 Å². The minimum atomic E-state index is -0.503. The Morgan fingerprint density at radius 2 is 2.39 bits per heavy atom. The van der Waals surface area contributed by atoms with Crippen LogP contribution in [0, 0.1) is 17.1 Å². The molecule has 1 aromatic heterocycles. The van der Waals surface area contributed by atoms with Crippen molar-refractivity contribution in [1.29, 1.82) is 5.26 Å². The fourth-order valence-corrected chi connectivity index (χ4v) is 2.46. The van der Waals surface area contributed by atoms with Crippen LogP contribution in [0.4, 0.5) is 10.1 Å². The highest BCUT2D eigenvalue weighted by Crippen LogP contribution is 2.26. The van der Waals surface area contributed by atoms with Gasteiger partial charge in [-0.05, 0) is 18.6 Å². The molecule has 92 valence electrons. The highest BCUT2D eigenvalue weighted by atomic mass is 32.1. The number of nitriles is 1. The lowest BCUT2D eigenvalue weighted by molar-refractivity contribution is 0.623. The molecule has 2 aromatic rings. The van der Waals surface area contributed by atoms with Gasteiger partial charge in [-0.3, -0.25) is 0 Å². The van der Waals surface area contributed by atoms with Crippen molar-refractivity contribution in [3.63, 3.8) is 0 Å². The molecular formula is C13H12FN3S. The summed E-state index contributed by atoms with van der Waals surface area (Å²) in [6, 6.07) is 6.47. The van der Waals surface area contributed by atoms with Crippen molar-refractivity contribution in [3.8, 4) is 6.07 Å². The number of benzene rings is 1. The molecule has 0 amide bonds. The minimum absolute atomic E-state index is 0.00102. The van der Waals surface area contributed by atoms with Gasteiger partial charge in [0.05, 0.1) is 11.7 Å². The zero-order chi connectivity index (χ0) is 13.0. The Labute approximate surface area is 109 Å². The molecule has 0 fully saturated rings. The van der Waals surface area contributed by atoms with Crippen LogP contribution in [-0.4, -0.2) is 4.98 Å². The fraction of sp³-hybridized carbons (Fsp3) is 0.231. The minimum Gasteiger partial charge on any atom is -0.375 e. The predicted octanol–water partition coefficient (Wildman–Crippen LogP) is 3.72. The summed E-state index contributed by atoms with van der Waals surface area (Å²) < 4.78 is 13.5. The second-order valence-electron chi connectivity index (χ2n) is 3.75. The van der Waals surface area contributed by atoms with Crippen molar-refractivity contribution in [2.24, 2.45) is 0 Å². The summed E-state index contributed by atoms with van der Waals surface area (Å²) in [4.78, 5) is 4.24. The molecule has 0 aliphatic carbocycles. The van der Waals surface area contributed by atoms with Gasteiger partial charge in [-0.1, -0.05) is 13.0 Å². The van der Waals surface area contributed by atoms with Gasteiger partial charge in [0.1, 0.15) is 22.5 Å². The molecule has 18 heavy (non-hydrogen) atoms. The van der Waals surface area contributed by atoms with E-state index in [0.29, 0.717) is 5.69 Å². The SMILES string of the molecule is CCC(Nc1cccc(F)c1C#N)c1nccs1. The first-order chi connectivity index (χ1) is 8.76. The molecule has 3 nitrogen and oxygen atoms in total. The van der Waals surface area contributed by atoms with Crippen LogP contribution < -0.4 is 5.32 Å². The van der Waals surface area contributed by atoms with Crippen LogP contribution in [0.3, 0.4) is 0 Å². The monoisotopic (exact) mass is 261 g/mol. The lowest BCUT2D eigenvalue weighted by Crippen LogP contribution is -2.10. The maximum absolute atomic E-state index is 13.5. The largest absolute Gasteiger partial charge is 0.375 e. The van der Waals surface area contributed by atoms with Gasteiger partial charge in [0.25, 0.3) is 0 Å². The number of rotatable bonds is 4. The van der Waals surface area contributed by atoms with Crippen LogP contribution in [0.2, 0.25) is 0 Å². The van der Waals surface area contributed by atoms with E-state index in [-0.39, 0.29) is 11.6 Å². The third-order valence-corrected chi connectivity index (χ3v) is 3.50. The Morgan fingerprint density at radius 1 is 1.56 bits per heavy atom. The topological polar surface area (TPSA) is 48.7 Å². The summed E-state index contributed by atoms with van der Waals surface area (Å²) in [5.74, 6) is -0.503. The average molecular weight is 261 g/mol. The number of aromatic nitrogens is 1. The Bertz CT molecular complexity index is 560. The maximum atomic E-state index is 13.5. The van der Waals surface area contributed by atoms with Crippen LogP contribution in [0.25, 0.3) is 0 Å². The Balaban J connectivity index is 2.29. The number of thiazole rings is 1. The molecule has 2 rings (SSSR count). The quantitative estimate of drug-likeness (QED) is 0.912. The molecule has 0 bridgehead atoms. The normalized spacial score (nSPS) is 11.8. The van der Waals surface area contributed by atoms with E-state index < -0.39 is 5.82 Å². The summed E-state index contributed by atoms with van der Waals surface area (Å²) in [5, 5.41) is 15.0. The van der Waals surface area contributed by atoms with Gasteiger partial charge in [0, 0.05) is 11.6 Å². The predicted molar refractivity (Wildman–Crippen MR) is 69.9 cm³/mol. The number of nitrogens with zero attached hydrogens (tertiary/aromatic N) is 2. The smallest absolute Gasteiger partial charge is 0.143 e. The van der Waals surface area contributed by atoms with Gasteiger partial charge in [-0.2, -0.15) is 5.26 Å². The summed E-state index contributed by atoms with van der Waals surface area (Å²) in [6.45, 7) is 2.02. The number of nitrogens with one attached hydrogen (secondary N) is 1. The summed E-state index contributed by atoms with van der Waals surface area (Å²) in [6.07, 6.45) is 2.55. The van der Waals surface area contributed by atoms with Gasteiger partial charge in [0.2, 0.25) is 0 Å². The number of hydrogen-bond donors (Lipinski definition) is 1. The van der Waals surface area contributed by atoms with Crippen LogP contribution in [-0.2, 0) is 0 Å². The molecule has 0 aliphatic heterocycles. The molecule has 1 aromatic carbocycles. The van der Waals surface area contributed by atoms with Crippen LogP contribution in [0.1, 0.15) is 30.0 Å². The zero-order valence-electron chi connectivity index (χ0n) is 9.85. The molecule has 0 saturated heterocycles. The van der Waals surface area contributed by atoms with E-state index in [0.717, 1.165) is 11.4 Å². The highest BCUT2D eigenvalue weighted by Gasteiger charge is 2.15. The van der Waals surface area contributed by atoms with Crippen molar-refractivity contribution in [1.82, 2.24) is 4.98 Å². The first-order valence-electron chi connectivity index (χ1n) is 5.60. The van der Waals surface area contributed by atoms with Crippen LogP contribution in [0.15, 0.2) is 29.8 Å². The number of hydrogen-bond acceptors (Lipinski definition) is 4. The number of halogens is 1. The van der Waals surface area contributed by atoms with Gasteiger partial charge in [0.15, 0.2) is 0 Å². The van der Waals surface area contributed by atoms with Crippen molar-refractivity contribution < 1.29 is 4.39 Å². The van der Waals surface area contributed by atoms with Crippen molar-refractivity contribution in [3.05, 3.63) is 46.2 Å². The Kier molecular flexibility index (Phi) is 3.90. The third kappa shape index (κ3) is 2.49. The summed E-state index contributed by atoms with van der Waals surface area (Å²) in [5.41, 5.74) is 0.562. The molecule has 1 N–H and O–H groups in total. The third-order valence-electron chi connectivity index (χ3n) is 2.61. The molecule has 0 spiro atoms. The first kappa shape index (κ1) is 12.5. The first-order valence-corrected chi connectivity index (χ1v) is 6.48. The van der Waals surface area contributed by atoms with E-state index in [1.807, 2.05) is 18.4 Å². The number of anilines is 1. The maximum Gasteiger partial charge on any atom is 0.143 e. The van der Waals surface area contributed by atoms with E-state index in [1.54, 1.807) is 29.7 Å². The van der Waals surface area contributed by atoms with Crippen molar-refractivity contribution >= 4 is 17.0 Å². The standard InChI is InChI=1S/C13H12FN3S/c1-2-11(13-16-6-7-18-13)17-12-5-3-4-10(14)9(12)8-15/h3-7,11,17H,2H2,1H3. The Hall–Kier alpha value is -1.93. The molecule has 1 unspecified atom stereocenters. The zero-order valence-corrected chi connectivity index (χ0v) is 10.7. The molecule has 1 atom stereocenters. The molecule has 1 heterocycles. The van der Waals surface area contributed by atoms with Gasteiger partial charge in [-0.25, -0.2) is 9.37 Å². The van der Waals surface area contributed by atoms with E-state index in [9.17, 15) is 4.39 Å². The molecule has 0 radical (unpaired) electrons. The summed E-state index contributed by atoms with van der Waals surface area (Å²) in [7, 11) is 0. The highest BCUT2D eigenvalue weighted by molar-refractivity contribution is 7.09. The van der Waals surface area contributed by atoms with Crippen LogP contribution >= 0.6 is 11.3 Å². The lowest BCUT2D eigenvalue weighted by Gasteiger charge is -2.16. The second-order valence-corrected chi connectivity index (χ2v) is 4.68. The summed E-state index contributed by atoms with van der Waals surface area (Å²) >= 11 is 1.54. The van der Waals surface area contributed by atoms with Gasteiger partial charge < -0.3 is 5.32 Å². The molecular weight excluding hydrogens is 249 g/mol. The van der Waals surface area contributed by atoms with Gasteiger partial charge >= 0.3 is 0 Å². The molecule has 0 saturated carbocycles. The second kappa shape index (κ2) is 5.61. The average Bonchev–Trinajstić information content (AvgIpc) is 2.89. The lowest BCUT2D eigenvalue weighted by atomic mass is 10.1. The van der Waals surface area contributed by atoms with Crippen molar-refractivity contribution in [2.45, 2.75) is 19.4 Å².